The molecule has 18 heteroatoms. The van der Waals surface area contributed by atoms with Gasteiger partial charge >= 0.3 is 30.0 Å². The number of halogens is 4. The molecule has 1 aliphatic rings. The first-order valence-corrected chi connectivity index (χ1v) is 18.2. The zero-order valence-corrected chi connectivity index (χ0v) is 31.4. The van der Waals surface area contributed by atoms with E-state index in [1.165, 1.54) is 24.3 Å². The number of hydrogen-bond acceptors (Lipinski definition) is 10. The lowest BCUT2D eigenvalue weighted by Crippen LogP contribution is -2.44. The number of carboxylic acid groups (broad SMARTS) is 1. The zero-order valence-electron chi connectivity index (χ0n) is 30.7. The van der Waals surface area contributed by atoms with Crippen LogP contribution >= 0.6 is 11.6 Å². The molecule has 0 saturated heterocycles. The van der Waals surface area contributed by atoms with Crippen molar-refractivity contribution < 1.29 is 42.2 Å². The molecule has 58 heavy (non-hydrogen) atoms. The number of hydrogen-bond donors (Lipinski definition) is 6. The summed E-state index contributed by atoms with van der Waals surface area (Å²) in [5.74, 6) is -4.26. The van der Waals surface area contributed by atoms with Crippen LogP contribution in [-0.2, 0) is 19.9 Å². The molecule has 1 atom stereocenters. The molecule has 6 rings (SSSR count). The number of carbonyl (C=O) groups is 4. The van der Waals surface area contributed by atoms with Crippen LogP contribution in [0.15, 0.2) is 97.1 Å². The minimum Gasteiger partial charge on any atom is -0.480 e. The predicted octanol–water partition coefficient (Wildman–Crippen LogP) is 6.61. The molecule has 1 aromatic heterocycles. The van der Waals surface area contributed by atoms with E-state index in [-0.39, 0.29) is 30.4 Å². The van der Waals surface area contributed by atoms with E-state index in [4.69, 9.17) is 16.3 Å². The van der Waals surface area contributed by atoms with Gasteiger partial charge in [-0.05, 0) is 97.0 Å². The van der Waals surface area contributed by atoms with E-state index in [1.807, 2.05) is 55.5 Å². The Balaban J connectivity index is 1.03. The topological polar surface area (TPSA) is 197 Å². The fraction of sp³-hybridized carbons (Fsp3) is 0.225. The highest BCUT2D eigenvalue weighted by Gasteiger charge is 2.45. The molecule has 1 aliphatic carbocycles. The van der Waals surface area contributed by atoms with Crippen LogP contribution in [0.25, 0.3) is 11.1 Å². The Hall–Kier alpha value is -6.75. The largest absolute Gasteiger partial charge is 0.480 e. The highest BCUT2D eigenvalue weighted by molar-refractivity contribution is 6.39. The van der Waals surface area contributed by atoms with Crippen LogP contribution in [0.5, 0.6) is 6.01 Å². The van der Waals surface area contributed by atoms with Crippen LogP contribution in [0.2, 0.25) is 5.02 Å². The van der Waals surface area contributed by atoms with Gasteiger partial charge in [0.05, 0.1) is 5.54 Å². The average Bonchev–Trinajstić information content (AvgIpc) is 3.97. The number of nitrogens with one attached hydrogen (secondary N) is 5. The molecule has 6 N–H and O–H groups in total. The number of aliphatic carboxylic acids is 1. The lowest BCUT2D eigenvalue weighted by atomic mass is 10.0. The number of aromatic nitrogens is 3. The van der Waals surface area contributed by atoms with Gasteiger partial charge in [0, 0.05) is 28.5 Å². The van der Waals surface area contributed by atoms with E-state index in [0.717, 1.165) is 22.3 Å². The molecule has 1 fully saturated rings. The highest BCUT2D eigenvalue weighted by atomic mass is 35.5. The van der Waals surface area contributed by atoms with Crippen LogP contribution in [0.3, 0.4) is 0 Å². The lowest BCUT2D eigenvalue weighted by Gasteiger charge is -2.19. The molecule has 1 heterocycles. The fourth-order valence-corrected chi connectivity index (χ4v) is 5.96. The summed E-state index contributed by atoms with van der Waals surface area (Å²) >= 11 is 6.03. The van der Waals surface area contributed by atoms with Gasteiger partial charge < -0.3 is 36.4 Å². The van der Waals surface area contributed by atoms with E-state index in [2.05, 4.69) is 41.5 Å². The summed E-state index contributed by atoms with van der Waals surface area (Å²) in [5.41, 5.74) is 4.15. The molecule has 14 nitrogen and oxygen atoms in total. The van der Waals surface area contributed by atoms with Crippen molar-refractivity contribution in [3.8, 4) is 17.1 Å². The van der Waals surface area contributed by atoms with E-state index >= 15 is 0 Å². The average molecular weight is 817 g/mol. The number of rotatable bonds is 15. The van der Waals surface area contributed by atoms with Crippen LogP contribution in [-0.4, -0.2) is 69.1 Å². The zero-order chi connectivity index (χ0) is 41.5. The number of amides is 3. The van der Waals surface area contributed by atoms with E-state index < -0.39 is 54.1 Å². The summed E-state index contributed by atoms with van der Waals surface area (Å²) in [6.45, 7) is 0.112. The number of carboxylic acids is 1. The maximum Gasteiger partial charge on any atom is 0.422 e. The van der Waals surface area contributed by atoms with Crippen molar-refractivity contribution in [1.29, 1.82) is 0 Å². The van der Waals surface area contributed by atoms with Gasteiger partial charge in [0.15, 0.2) is 6.61 Å². The van der Waals surface area contributed by atoms with Crippen LogP contribution in [0.1, 0.15) is 40.7 Å². The SMILES string of the molecule is Cc1ccccc1-c1ccc(NC(=O)C(=O)NCCC(NC(=O)c2ccc(Nc3nc(NC4(c5ccc(Cl)cc5)CC4)nc(OCC(F)(F)F)n3)cc2)C(=O)O)cc1. The summed E-state index contributed by atoms with van der Waals surface area (Å²) in [6.07, 6.45) is -3.49. The van der Waals surface area contributed by atoms with Crippen molar-refractivity contribution in [1.82, 2.24) is 25.6 Å². The summed E-state index contributed by atoms with van der Waals surface area (Å²) in [6, 6.07) is 25.5. The number of nitrogens with zero attached hydrogens (tertiary/aromatic N) is 3. The Kier molecular flexibility index (Phi) is 12.4. The Morgan fingerprint density at radius 1 is 0.845 bits per heavy atom. The minimum atomic E-state index is -4.65. The van der Waals surface area contributed by atoms with Gasteiger partial charge in [-0.15, -0.1) is 0 Å². The van der Waals surface area contributed by atoms with Crippen molar-refractivity contribution in [3.05, 3.63) is 119 Å². The Morgan fingerprint density at radius 2 is 1.50 bits per heavy atom. The molecule has 1 unspecified atom stereocenters. The lowest BCUT2D eigenvalue weighted by molar-refractivity contribution is -0.154. The molecule has 0 bridgehead atoms. The highest BCUT2D eigenvalue weighted by Crippen LogP contribution is 2.48. The maximum atomic E-state index is 13.0. The van der Waals surface area contributed by atoms with Crippen LogP contribution < -0.4 is 31.3 Å². The molecule has 4 aromatic carbocycles. The molecular formula is C40H36ClF3N8O6. The summed E-state index contributed by atoms with van der Waals surface area (Å²) < 4.78 is 43.7. The summed E-state index contributed by atoms with van der Waals surface area (Å²) in [4.78, 5) is 62.2. The van der Waals surface area contributed by atoms with Gasteiger partial charge in [-0.3, -0.25) is 14.4 Å². The van der Waals surface area contributed by atoms with E-state index in [9.17, 15) is 37.5 Å². The van der Waals surface area contributed by atoms with Gasteiger partial charge in [0.2, 0.25) is 11.9 Å². The third-order valence-electron chi connectivity index (χ3n) is 9.01. The molecule has 5 aromatic rings. The Bertz CT molecular complexity index is 2290. The number of aryl methyl sites for hydroxylation is 1. The minimum absolute atomic E-state index is 0.0430. The van der Waals surface area contributed by atoms with Crippen LogP contribution in [0, 0.1) is 6.92 Å². The normalized spacial score (nSPS) is 13.4. The van der Waals surface area contributed by atoms with Gasteiger partial charge in [0.1, 0.15) is 6.04 Å². The van der Waals surface area contributed by atoms with Crippen LogP contribution in [0.4, 0.5) is 36.4 Å². The Morgan fingerprint density at radius 3 is 2.14 bits per heavy atom. The predicted molar refractivity (Wildman–Crippen MR) is 209 cm³/mol. The fourth-order valence-electron chi connectivity index (χ4n) is 5.83. The smallest absolute Gasteiger partial charge is 0.422 e. The monoisotopic (exact) mass is 816 g/mol. The second-order valence-electron chi connectivity index (χ2n) is 13.3. The first-order chi connectivity index (χ1) is 27.7. The second kappa shape index (κ2) is 17.6. The summed E-state index contributed by atoms with van der Waals surface area (Å²) in [5, 5.41) is 23.5. The van der Waals surface area contributed by atoms with Crippen molar-refractivity contribution >= 4 is 58.6 Å². The van der Waals surface area contributed by atoms with Crippen molar-refractivity contribution in [2.45, 2.75) is 43.9 Å². The number of anilines is 4. The molecular weight excluding hydrogens is 781 g/mol. The summed E-state index contributed by atoms with van der Waals surface area (Å²) in [7, 11) is 0. The Labute approximate surface area is 334 Å². The molecule has 0 aliphatic heterocycles. The van der Waals surface area contributed by atoms with Crippen molar-refractivity contribution in [3.63, 3.8) is 0 Å². The molecule has 3 amide bonds. The molecule has 300 valence electrons. The maximum absolute atomic E-state index is 13.0. The third-order valence-corrected chi connectivity index (χ3v) is 9.26. The van der Waals surface area contributed by atoms with Gasteiger partial charge in [-0.2, -0.15) is 28.1 Å². The quantitative estimate of drug-likeness (QED) is 0.0622. The van der Waals surface area contributed by atoms with E-state index in [0.29, 0.717) is 29.2 Å². The van der Waals surface area contributed by atoms with Gasteiger partial charge in [0.25, 0.3) is 5.91 Å². The molecule has 0 radical (unpaired) electrons. The molecule has 0 spiro atoms. The first kappa shape index (κ1) is 40.9. The first-order valence-electron chi connectivity index (χ1n) is 17.8. The number of carbonyl (C=O) groups excluding carboxylic acids is 3. The number of benzene rings is 4. The van der Waals surface area contributed by atoms with Gasteiger partial charge in [-0.25, -0.2) is 4.79 Å². The number of ether oxygens (including phenoxy) is 1. The second-order valence-corrected chi connectivity index (χ2v) is 13.8. The van der Waals surface area contributed by atoms with Crippen molar-refractivity contribution in [2.75, 3.05) is 29.1 Å². The van der Waals surface area contributed by atoms with E-state index in [1.54, 1.807) is 24.3 Å². The third kappa shape index (κ3) is 11.0. The molecule has 1 saturated carbocycles. The van der Waals surface area contributed by atoms with Gasteiger partial charge in [-0.1, -0.05) is 60.1 Å². The van der Waals surface area contributed by atoms with Crippen molar-refractivity contribution in [2.24, 2.45) is 0 Å². The standard InChI is InChI=1S/C40H36ClF3N8O6/c1-23-4-2-3-5-30(23)24-6-14-28(15-7-24)46-34(55)33(54)45-21-18-31(35(56)57)48-32(53)25-8-16-29(17-9-25)47-36-49-37(51-38(50-36)58-22-40(42,43)44)52-39(19-20-39)26-10-12-27(41)13-11-26/h2-17,31H,18-22H2,1H3,(H,45,54)(H,46,55)(H,48,53)(H,56,57)(H2,47,49,50,51,52). The number of alkyl halides is 3.